The second-order valence-electron chi connectivity index (χ2n) is 7.30. The lowest BCUT2D eigenvalue weighted by molar-refractivity contribution is -0.384. The highest BCUT2D eigenvalue weighted by molar-refractivity contribution is 7.99. The molecular weight excluding hydrogens is 474 g/mol. The number of non-ortho nitro benzene ring substituents is 1. The molecule has 0 aromatic heterocycles. The van der Waals surface area contributed by atoms with Gasteiger partial charge in [-0.15, -0.1) is 11.8 Å². The molecule has 1 heterocycles. The minimum atomic E-state index is -1.24. The fourth-order valence-corrected chi connectivity index (χ4v) is 4.39. The van der Waals surface area contributed by atoms with Gasteiger partial charge in [0, 0.05) is 45.6 Å². The van der Waals surface area contributed by atoms with Crippen molar-refractivity contribution in [3.63, 3.8) is 0 Å². The molecule has 0 radical (unpaired) electrons. The third kappa shape index (κ3) is 7.99. The van der Waals surface area contributed by atoms with E-state index in [4.69, 9.17) is 23.7 Å². The molecule has 186 valence electrons. The highest BCUT2D eigenvalue weighted by Gasteiger charge is 2.52. The van der Waals surface area contributed by atoms with Gasteiger partial charge in [-0.2, -0.15) is 0 Å². The number of nitro groups is 1. The van der Waals surface area contributed by atoms with E-state index in [1.165, 1.54) is 19.1 Å². The van der Waals surface area contributed by atoms with Crippen LogP contribution in [0.5, 0.6) is 0 Å². The van der Waals surface area contributed by atoms with Crippen LogP contribution in [-0.2, 0) is 48.6 Å². The highest BCUT2D eigenvalue weighted by Crippen LogP contribution is 2.35. The molecule has 12 nitrogen and oxygen atoms in total. The molecule has 0 bridgehead atoms. The molecule has 1 aromatic rings. The summed E-state index contributed by atoms with van der Waals surface area (Å²) in [5, 5.41) is 10.9. The van der Waals surface area contributed by atoms with Crippen molar-refractivity contribution in [3.8, 4) is 0 Å². The van der Waals surface area contributed by atoms with Gasteiger partial charge in [0.2, 0.25) is 0 Å². The van der Waals surface area contributed by atoms with Gasteiger partial charge in [0.1, 0.15) is 18.1 Å². The molecule has 1 aliphatic heterocycles. The number of ether oxygens (including phenoxy) is 5. The third-order valence-corrected chi connectivity index (χ3v) is 5.72. The predicted octanol–water partition coefficient (Wildman–Crippen LogP) is 1.91. The van der Waals surface area contributed by atoms with Crippen LogP contribution in [0, 0.1) is 10.1 Å². The number of rotatable bonds is 9. The number of benzene rings is 1. The van der Waals surface area contributed by atoms with E-state index in [9.17, 15) is 29.3 Å². The topological polar surface area (TPSA) is 158 Å². The van der Waals surface area contributed by atoms with Crippen LogP contribution in [0.15, 0.2) is 24.3 Å². The van der Waals surface area contributed by atoms with Crippen molar-refractivity contribution in [3.05, 3.63) is 39.9 Å². The first kappa shape index (κ1) is 27.1. The first-order valence-electron chi connectivity index (χ1n) is 10.1. The van der Waals surface area contributed by atoms with Gasteiger partial charge in [-0.1, -0.05) is 12.1 Å². The fraction of sp³-hybridized carbons (Fsp3) is 0.524. The number of nitrogens with zero attached hydrogens (tertiary/aromatic N) is 1. The fourth-order valence-electron chi connectivity index (χ4n) is 3.22. The standard InChI is InChI=1S/C21H25NO11S/c1-11(23)29-9-17-18(30-12(2)24)19(31-13(3)25)20(32-14(4)26)21(33-17)34-10-15-5-7-16(8-6-15)22(27)28/h5-8,17-21H,9-10H2,1-4H3/t17-,18+,19+,20+,21+/m0/s1. The lowest BCUT2D eigenvalue weighted by atomic mass is 9.99. The van der Waals surface area contributed by atoms with Gasteiger partial charge in [-0.3, -0.25) is 29.3 Å². The lowest BCUT2D eigenvalue weighted by Gasteiger charge is -2.44. The molecule has 1 fully saturated rings. The van der Waals surface area contributed by atoms with Crippen LogP contribution in [0.2, 0.25) is 0 Å². The molecule has 0 amide bonds. The summed E-state index contributed by atoms with van der Waals surface area (Å²) in [4.78, 5) is 57.1. The van der Waals surface area contributed by atoms with Gasteiger partial charge in [0.05, 0.1) is 4.92 Å². The molecule has 1 aromatic carbocycles. The van der Waals surface area contributed by atoms with Gasteiger partial charge >= 0.3 is 23.9 Å². The first-order valence-corrected chi connectivity index (χ1v) is 11.2. The summed E-state index contributed by atoms with van der Waals surface area (Å²) in [6.07, 6.45) is -4.66. The Hall–Kier alpha value is -3.19. The van der Waals surface area contributed by atoms with E-state index in [-0.39, 0.29) is 18.0 Å². The maximum atomic E-state index is 11.8. The van der Waals surface area contributed by atoms with E-state index in [2.05, 4.69) is 0 Å². The van der Waals surface area contributed by atoms with Crippen molar-refractivity contribution < 1.29 is 47.8 Å². The van der Waals surface area contributed by atoms with Gasteiger partial charge in [0.25, 0.3) is 5.69 Å². The SMILES string of the molecule is CC(=O)OC[C@@H]1O[C@H](SCc2ccc([N+](=O)[O-])cc2)[C@H](OC(C)=O)[C@H](OC(C)=O)[C@@H]1OC(C)=O. The molecule has 34 heavy (non-hydrogen) atoms. The molecule has 0 spiro atoms. The molecule has 0 N–H and O–H groups in total. The highest BCUT2D eigenvalue weighted by atomic mass is 32.2. The summed E-state index contributed by atoms with van der Waals surface area (Å²) in [5.41, 5.74) is -0.277. The second kappa shape index (κ2) is 12.3. The number of hydrogen-bond donors (Lipinski definition) is 0. The van der Waals surface area contributed by atoms with E-state index >= 15 is 0 Å². The van der Waals surface area contributed by atoms with Crippen molar-refractivity contribution in [2.75, 3.05) is 6.61 Å². The number of nitro benzene ring substituents is 1. The molecule has 1 aliphatic rings. The number of esters is 4. The van der Waals surface area contributed by atoms with E-state index < -0.39 is 58.7 Å². The Morgan fingerprint density at radius 3 is 1.91 bits per heavy atom. The monoisotopic (exact) mass is 499 g/mol. The molecule has 0 aliphatic carbocycles. The van der Waals surface area contributed by atoms with Crippen LogP contribution >= 0.6 is 11.8 Å². The number of carbonyl (C=O) groups excluding carboxylic acids is 4. The first-order chi connectivity index (χ1) is 16.0. The normalized spacial score (nSPS) is 23.9. The molecular formula is C21H25NO11S. The summed E-state index contributed by atoms with van der Waals surface area (Å²) in [6.45, 7) is 4.33. The van der Waals surface area contributed by atoms with Crippen LogP contribution in [0.3, 0.4) is 0 Å². The molecule has 0 unspecified atom stereocenters. The van der Waals surface area contributed by atoms with E-state index in [0.717, 1.165) is 32.5 Å². The molecule has 0 saturated carbocycles. The lowest BCUT2D eigenvalue weighted by Crippen LogP contribution is -2.61. The molecule has 13 heteroatoms. The van der Waals surface area contributed by atoms with Gasteiger partial charge in [-0.05, 0) is 5.56 Å². The average molecular weight is 499 g/mol. The van der Waals surface area contributed by atoms with Gasteiger partial charge in [0.15, 0.2) is 18.3 Å². The summed E-state index contributed by atoms with van der Waals surface area (Å²) < 4.78 is 27.1. The Kier molecular flexibility index (Phi) is 9.81. The molecule has 2 rings (SSSR count). The van der Waals surface area contributed by atoms with Crippen LogP contribution < -0.4 is 0 Å². The third-order valence-electron chi connectivity index (χ3n) is 4.51. The van der Waals surface area contributed by atoms with Crippen molar-refractivity contribution in [2.45, 2.75) is 63.3 Å². The van der Waals surface area contributed by atoms with Gasteiger partial charge < -0.3 is 23.7 Å². The quantitative estimate of drug-likeness (QED) is 0.211. The van der Waals surface area contributed by atoms with E-state index in [1.54, 1.807) is 12.1 Å². The Bertz CT molecular complexity index is 920. The number of hydrogen-bond acceptors (Lipinski definition) is 12. The molecule has 1 saturated heterocycles. The zero-order valence-electron chi connectivity index (χ0n) is 19.0. The second-order valence-corrected chi connectivity index (χ2v) is 8.39. The van der Waals surface area contributed by atoms with Crippen molar-refractivity contribution in [1.82, 2.24) is 0 Å². The van der Waals surface area contributed by atoms with Crippen LogP contribution in [0.1, 0.15) is 33.3 Å². The van der Waals surface area contributed by atoms with Crippen LogP contribution in [0.4, 0.5) is 5.69 Å². The number of carbonyl (C=O) groups is 4. The van der Waals surface area contributed by atoms with Gasteiger partial charge in [-0.25, -0.2) is 0 Å². The summed E-state index contributed by atoms with van der Waals surface area (Å²) in [5.74, 6) is -2.44. The minimum absolute atomic E-state index is 0.0685. The zero-order chi connectivity index (χ0) is 25.4. The minimum Gasteiger partial charge on any atom is -0.463 e. The average Bonchev–Trinajstić information content (AvgIpc) is 2.73. The Balaban J connectivity index is 2.34. The zero-order valence-corrected chi connectivity index (χ0v) is 19.8. The Labute approximate surface area is 199 Å². The van der Waals surface area contributed by atoms with Crippen molar-refractivity contribution >= 4 is 41.3 Å². The van der Waals surface area contributed by atoms with Crippen LogP contribution in [-0.4, -0.2) is 65.3 Å². The van der Waals surface area contributed by atoms with Crippen LogP contribution in [0.25, 0.3) is 0 Å². The van der Waals surface area contributed by atoms with E-state index in [1.807, 2.05) is 0 Å². The predicted molar refractivity (Wildman–Crippen MR) is 116 cm³/mol. The maximum Gasteiger partial charge on any atom is 0.303 e. The summed E-state index contributed by atoms with van der Waals surface area (Å²) in [7, 11) is 0. The van der Waals surface area contributed by atoms with Crippen molar-refractivity contribution in [2.24, 2.45) is 0 Å². The summed E-state index contributed by atoms with van der Waals surface area (Å²) in [6, 6.07) is 5.83. The number of thioether (sulfide) groups is 1. The Morgan fingerprint density at radius 2 is 1.41 bits per heavy atom. The maximum absolute atomic E-state index is 11.8. The van der Waals surface area contributed by atoms with E-state index in [0.29, 0.717) is 5.56 Å². The summed E-state index contributed by atoms with van der Waals surface area (Å²) >= 11 is 1.16. The largest absolute Gasteiger partial charge is 0.463 e. The Morgan fingerprint density at radius 1 is 0.882 bits per heavy atom. The molecule has 5 atom stereocenters. The van der Waals surface area contributed by atoms with Crippen molar-refractivity contribution in [1.29, 1.82) is 0 Å². The smallest absolute Gasteiger partial charge is 0.303 e.